The molecular weight excluding hydrogens is 385 g/mol. The number of methoxy groups -OCH3 is 1. The van der Waals surface area contributed by atoms with E-state index < -0.39 is 6.04 Å². The third-order valence-electron chi connectivity index (χ3n) is 4.53. The van der Waals surface area contributed by atoms with Crippen LogP contribution in [0.5, 0.6) is 11.5 Å². The van der Waals surface area contributed by atoms with E-state index >= 15 is 0 Å². The van der Waals surface area contributed by atoms with E-state index in [1.807, 2.05) is 38.3 Å². The molecule has 0 saturated carbocycles. The average molecular weight is 409 g/mol. The summed E-state index contributed by atoms with van der Waals surface area (Å²) < 4.78 is 26.2. The van der Waals surface area contributed by atoms with E-state index in [1.165, 1.54) is 12.1 Å². The quantitative estimate of drug-likeness (QED) is 0.613. The van der Waals surface area contributed by atoms with Gasteiger partial charge in [0.1, 0.15) is 17.7 Å². The second-order valence-electron chi connectivity index (χ2n) is 6.65. The number of aryl methyl sites for hydroxylation is 1. The molecule has 0 aliphatic heterocycles. The van der Waals surface area contributed by atoms with Crippen LogP contribution in [-0.4, -0.2) is 29.2 Å². The first-order valence-corrected chi connectivity index (χ1v) is 9.47. The third kappa shape index (κ3) is 5.05. The fraction of sp³-hybridized carbons (Fsp3) is 0.217. The number of nitrogens with one attached hydrogen (secondary N) is 1. The van der Waals surface area contributed by atoms with Gasteiger partial charge in [-0.15, -0.1) is 0 Å². The molecule has 0 aliphatic rings. The Kier molecular flexibility index (Phi) is 6.85. The van der Waals surface area contributed by atoms with Crippen molar-refractivity contribution in [2.45, 2.75) is 13.0 Å². The lowest BCUT2D eigenvalue weighted by molar-refractivity contribution is -0.123. The molecule has 6 nitrogen and oxygen atoms in total. The number of benzene rings is 2. The van der Waals surface area contributed by atoms with Crippen molar-refractivity contribution in [3.8, 4) is 11.5 Å². The molecule has 1 unspecified atom stereocenters. The van der Waals surface area contributed by atoms with Gasteiger partial charge in [-0.2, -0.15) is 0 Å². The molecule has 0 spiro atoms. The Hall–Kier alpha value is -3.61. The largest absolute Gasteiger partial charge is 0.493 e. The van der Waals surface area contributed by atoms with E-state index in [1.54, 1.807) is 42.3 Å². The number of hydrogen-bond donors (Lipinski definition) is 1. The van der Waals surface area contributed by atoms with Crippen molar-refractivity contribution in [3.63, 3.8) is 0 Å². The molecule has 30 heavy (non-hydrogen) atoms. The second-order valence-corrected chi connectivity index (χ2v) is 6.65. The Bertz CT molecular complexity index is 1030. The fourth-order valence-corrected chi connectivity index (χ4v) is 3.05. The van der Waals surface area contributed by atoms with Gasteiger partial charge >= 0.3 is 0 Å². The number of halogens is 1. The number of rotatable bonds is 8. The highest BCUT2D eigenvalue weighted by Gasteiger charge is 2.21. The van der Waals surface area contributed by atoms with Gasteiger partial charge in [-0.25, -0.2) is 9.37 Å². The summed E-state index contributed by atoms with van der Waals surface area (Å²) in [6, 6.07) is 10.9. The Labute approximate surface area is 175 Å². The number of ether oxygens (including phenoxy) is 2. The van der Waals surface area contributed by atoms with Crippen LogP contribution in [0.3, 0.4) is 0 Å². The molecule has 0 saturated heterocycles. The van der Waals surface area contributed by atoms with Gasteiger partial charge in [0, 0.05) is 19.4 Å². The standard InChI is InChI=1S/C23H24FN3O3/c1-4-5-16-6-11-19(20(14-16)29-3)30-15-21(28)26-22(23-25-12-13-27(23)2)17-7-9-18(24)10-8-17/h4-14,22H,15H2,1-3H3,(H,26,28)/b5-4+. The maximum absolute atomic E-state index is 13.3. The summed E-state index contributed by atoms with van der Waals surface area (Å²) in [4.78, 5) is 17.0. The third-order valence-corrected chi connectivity index (χ3v) is 4.53. The SMILES string of the molecule is C/C=C/c1ccc(OCC(=O)NC(c2ccc(F)cc2)c2nccn2C)c(OC)c1. The van der Waals surface area contributed by atoms with Crippen molar-refractivity contribution in [3.05, 3.63) is 83.7 Å². The zero-order valence-electron chi connectivity index (χ0n) is 17.1. The lowest BCUT2D eigenvalue weighted by Gasteiger charge is -2.19. The molecule has 0 fully saturated rings. The van der Waals surface area contributed by atoms with E-state index in [9.17, 15) is 9.18 Å². The highest BCUT2D eigenvalue weighted by Crippen LogP contribution is 2.28. The first-order chi connectivity index (χ1) is 14.5. The van der Waals surface area contributed by atoms with Crippen LogP contribution in [0.2, 0.25) is 0 Å². The topological polar surface area (TPSA) is 65.4 Å². The Morgan fingerprint density at radius 2 is 2.00 bits per heavy atom. The molecule has 1 aromatic heterocycles. The highest BCUT2D eigenvalue weighted by molar-refractivity contribution is 5.78. The molecule has 1 heterocycles. The van der Waals surface area contributed by atoms with Crippen molar-refractivity contribution >= 4 is 12.0 Å². The minimum Gasteiger partial charge on any atom is -0.493 e. The zero-order valence-corrected chi connectivity index (χ0v) is 17.1. The summed E-state index contributed by atoms with van der Waals surface area (Å²) in [5, 5.41) is 2.91. The second kappa shape index (κ2) is 9.73. The van der Waals surface area contributed by atoms with E-state index in [-0.39, 0.29) is 18.3 Å². The maximum Gasteiger partial charge on any atom is 0.258 e. The molecule has 1 atom stereocenters. The molecular formula is C23H24FN3O3. The zero-order chi connectivity index (χ0) is 21.5. The lowest BCUT2D eigenvalue weighted by Crippen LogP contribution is -2.34. The summed E-state index contributed by atoms with van der Waals surface area (Å²) in [7, 11) is 3.38. The van der Waals surface area contributed by atoms with E-state index in [0.717, 1.165) is 5.56 Å². The van der Waals surface area contributed by atoms with E-state index in [0.29, 0.717) is 22.9 Å². The number of amides is 1. The van der Waals surface area contributed by atoms with Gasteiger partial charge in [0.2, 0.25) is 0 Å². The van der Waals surface area contributed by atoms with Crippen LogP contribution in [0, 0.1) is 5.82 Å². The number of allylic oxidation sites excluding steroid dienone is 1. The molecule has 3 rings (SSSR count). The van der Waals surface area contributed by atoms with Crippen molar-refractivity contribution in [1.82, 2.24) is 14.9 Å². The van der Waals surface area contributed by atoms with Crippen molar-refractivity contribution in [2.75, 3.05) is 13.7 Å². The van der Waals surface area contributed by atoms with E-state index in [4.69, 9.17) is 9.47 Å². The molecule has 0 bridgehead atoms. The van der Waals surface area contributed by atoms with Gasteiger partial charge in [-0.05, 0) is 42.3 Å². The van der Waals surface area contributed by atoms with Gasteiger partial charge < -0.3 is 19.4 Å². The van der Waals surface area contributed by atoms with Crippen LogP contribution < -0.4 is 14.8 Å². The molecule has 3 aromatic rings. The Morgan fingerprint density at radius 3 is 2.63 bits per heavy atom. The predicted molar refractivity (Wildman–Crippen MR) is 113 cm³/mol. The van der Waals surface area contributed by atoms with Crippen molar-refractivity contribution < 1.29 is 18.7 Å². The van der Waals surface area contributed by atoms with Crippen LogP contribution in [0.15, 0.2) is 60.9 Å². The smallest absolute Gasteiger partial charge is 0.258 e. The van der Waals surface area contributed by atoms with Gasteiger partial charge in [-0.3, -0.25) is 4.79 Å². The predicted octanol–water partition coefficient (Wildman–Crippen LogP) is 3.89. The molecule has 7 heteroatoms. The number of nitrogens with zero attached hydrogens (tertiary/aromatic N) is 2. The van der Waals surface area contributed by atoms with Crippen molar-refractivity contribution in [1.29, 1.82) is 0 Å². The average Bonchev–Trinajstić information content (AvgIpc) is 3.17. The van der Waals surface area contributed by atoms with Gasteiger partial charge in [-0.1, -0.05) is 30.4 Å². The Morgan fingerprint density at radius 1 is 1.23 bits per heavy atom. The fourth-order valence-electron chi connectivity index (χ4n) is 3.05. The van der Waals surface area contributed by atoms with Gasteiger partial charge in [0.05, 0.1) is 7.11 Å². The highest BCUT2D eigenvalue weighted by atomic mass is 19.1. The Balaban J connectivity index is 1.74. The molecule has 1 N–H and O–H groups in total. The molecule has 156 valence electrons. The van der Waals surface area contributed by atoms with Gasteiger partial charge in [0.15, 0.2) is 18.1 Å². The first-order valence-electron chi connectivity index (χ1n) is 9.47. The maximum atomic E-state index is 13.3. The summed E-state index contributed by atoms with van der Waals surface area (Å²) in [5.41, 5.74) is 1.68. The number of hydrogen-bond acceptors (Lipinski definition) is 4. The van der Waals surface area contributed by atoms with Crippen LogP contribution >= 0.6 is 0 Å². The summed E-state index contributed by atoms with van der Waals surface area (Å²) >= 11 is 0. The molecule has 2 aromatic carbocycles. The number of carbonyl (C=O) groups excluding carboxylic acids is 1. The van der Waals surface area contributed by atoms with Crippen LogP contribution in [0.25, 0.3) is 6.08 Å². The number of carbonyl (C=O) groups is 1. The minimum absolute atomic E-state index is 0.207. The van der Waals surface area contributed by atoms with Gasteiger partial charge in [0.25, 0.3) is 5.91 Å². The van der Waals surface area contributed by atoms with Crippen molar-refractivity contribution in [2.24, 2.45) is 7.05 Å². The van der Waals surface area contributed by atoms with E-state index in [2.05, 4.69) is 10.3 Å². The van der Waals surface area contributed by atoms with Crippen LogP contribution in [0.1, 0.15) is 29.9 Å². The summed E-state index contributed by atoms with van der Waals surface area (Å²) in [5.74, 6) is 0.949. The summed E-state index contributed by atoms with van der Waals surface area (Å²) in [6.07, 6.45) is 7.30. The molecule has 0 radical (unpaired) electrons. The lowest BCUT2D eigenvalue weighted by atomic mass is 10.1. The van der Waals surface area contributed by atoms with Crippen LogP contribution in [0.4, 0.5) is 4.39 Å². The number of aromatic nitrogens is 2. The normalized spacial score (nSPS) is 12.0. The number of imidazole rings is 1. The monoisotopic (exact) mass is 409 g/mol. The minimum atomic E-state index is -0.541. The summed E-state index contributed by atoms with van der Waals surface area (Å²) in [6.45, 7) is 1.72. The first kappa shape index (κ1) is 21.1. The molecule has 1 amide bonds. The molecule has 0 aliphatic carbocycles. The van der Waals surface area contributed by atoms with Crippen LogP contribution in [-0.2, 0) is 11.8 Å².